The first-order chi connectivity index (χ1) is 9.54. The number of nitrogens with zero attached hydrogens (tertiary/aromatic N) is 1. The Labute approximate surface area is 124 Å². The molecule has 0 aliphatic carbocycles. The lowest BCUT2D eigenvalue weighted by Crippen LogP contribution is -2.21. The largest absolute Gasteiger partial charge is 0.481 e. The molecule has 1 amide bonds. The van der Waals surface area contributed by atoms with Crippen LogP contribution in [0.3, 0.4) is 0 Å². The van der Waals surface area contributed by atoms with Gasteiger partial charge < -0.3 is 10.4 Å². The minimum Gasteiger partial charge on any atom is -0.481 e. The monoisotopic (exact) mass is 310 g/mol. The Hall–Kier alpha value is -1.73. The van der Waals surface area contributed by atoms with Gasteiger partial charge in [-0.3, -0.25) is 9.59 Å². The molecule has 0 aliphatic heterocycles. The summed E-state index contributed by atoms with van der Waals surface area (Å²) in [5, 5.41) is 15.5. The molecule has 0 aliphatic rings. The van der Waals surface area contributed by atoms with Crippen molar-refractivity contribution in [1.29, 1.82) is 0 Å². The van der Waals surface area contributed by atoms with Gasteiger partial charge in [0.05, 0.1) is 12.1 Å². The van der Waals surface area contributed by atoms with Crippen molar-refractivity contribution < 1.29 is 14.7 Å². The van der Waals surface area contributed by atoms with Crippen LogP contribution in [-0.4, -0.2) is 22.0 Å². The average molecular weight is 310 g/mol. The summed E-state index contributed by atoms with van der Waals surface area (Å²) in [5.41, 5.74) is 0.462. The highest BCUT2D eigenvalue weighted by atomic mass is 32.1. The van der Waals surface area contributed by atoms with Crippen LogP contribution in [0.5, 0.6) is 0 Å². The van der Waals surface area contributed by atoms with E-state index in [1.165, 1.54) is 16.2 Å². The highest BCUT2D eigenvalue weighted by molar-refractivity contribution is 7.14. The molecule has 0 spiro atoms. The second kappa shape index (κ2) is 6.62. The van der Waals surface area contributed by atoms with Crippen molar-refractivity contribution in [2.24, 2.45) is 5.92 Å². The van der Waals surface area contributed by atoms with E-state index >= 15 is 0 Å². The van der Waals surface area contributed by atoms with Crippen molar-refractivity contribution in [2.45, 2.75) is 19.8 Å². The summed E-state index contributed by atoms with van der Waals surface area (Å²) in [5.74, 6) is -1.19. The van der Waals surface area contributed by atoms with Crippen LogP contribution in [0.25, 0.3) is 0 Å². The Kier molecular flexibility index (Phi) is 4.86. The Morgan fingerprint density at radius 1 is 1.45 bits per heavy atom. The molecule has 0 saturated carbocycles. The molecule has 106 valence electrons. The normalized spacial score (nSPS) is 12.1. The lowest BCUT2D eigenvalue weighted by atomic mass is 10.1. The number of thiophene rings is 1. The third-order valence-electron chi connectivity index (χ3n) is 2.65. The van der Waals surface area contributed by atoms with Gasteiger partial charge in [-0.15, -0.1) is 22.7 Å². The fourth-order valence-corrected chi connectivity index (χ4v) is 3.20. The number of carbonyl (C=O) groups excluding carboxylic acids is 1. The first-order valence-electron chi connectivity index (χ1n) is 6.04. The first-order valence-corrected chi connectivity index (χ1v) is 7.80. The number of carboxylic acid groups (broad SMARTS) is 1. The molecule has 5 nitrogen and oxygen atoms in total. The number of hydrogen-bond donors (Lipinski definition) is 2. The van der Waals surface area contributed by atoms with Gasteiger partial charge in [0, 0.05) is 16.2 Å². The molecule has 0 fully saturated rings. The van der Waals surface area contributed by atoms with Gasteiger partial charge in [0.1, 0.15) is 0 Å². The minimum atomic E-state index is -0.931. The van der Waals surface area contributed by atoms with Crippen LogP contribution >= 0.6 is 22.7 Å². The number of carbonyl (C=O) groups is 2. The number of nitrogens with one attached hydrogen (secondary N) is 1. The molecular weight excluding hydrogens is 296 g/mol. The van der Waals surface area contributed by atoms with Gasteiger partial charge in [0.25, 0.3) is 0 Å². The number of anilines is 1. The Bertz CT molecular complexity index is 593. The van der Waals surface area contributed by atoms with E-state index < -0.39 is 5.97 Å². The molecule has 0 bridgehead atoms. The zero-order valence-corrected chi connectivity index (χ0v) is 12.5. The number of amides is 1. The lowest BCUT2D eigenvalue weighted by molar-refractivity contribution is -0.136. The summed E-state index contributed by atoms with van der Waals surface area (Å²) in [6.07, 6.45) is 0.563. The molecule has 2 N–H and O–H groups in total. The second-order valence-electron chi connectivity index (χ2n) is 4.39. The third kappa shape index (κ3) is 4.14. The molecule has 1 atom stereocenters. The van der Waals surface area contributed by atoms with Crippen LogP contribution in [0.2, 0.25) is 0 Å². The van der Waals surface area contributed by atoms with Crippen molar-refractivity contribution in [1.82, 2.24) is 4.98 Å². The average Bonchev–Trinajstić information content (AvgIpc) is 3.00. The summed E-state index contributed by atoms with van der Waals surface area (Å²) < 4.78 is 0. The SMILES string of the molecule is C[C@@H](Cc1cccs1)C(=O)Nc1nc(CC(=O)O)cs1. The molecular formula is C13H14N2O3S2. The molecule has 20 heavy (non-hydrogen) atoms. The van der Waals surface area contributed by atoms with Crippen LogP contribution in [0.1, 0.15) is 17.5 Å². The number of thiazole rings is 1. The lowest BCUT2D eigenvalue weighted by Gasteiger charge is -2.09. The van der Waals surface area contributed by atoms with Crippen molar-refractivity contribution in [3.63, 3.8) is 0 Å². The van der Waals surface area contributed by atoms with Crippen LogP contribution < -0.4 is 5.32 Å². The van der Waals surface area contributed by atoms with Gasteiger partial charge in [0.15, 0.2) is 5.13 Å². The summed E-state index contributed by atoms with van der Waals surface area (Å²) >= 11 is 2.87. The van der Waals surface area contributed by atoms with E-state index in [1.807, 2.05) is 24.4 Å². The fourth-order valence-electron chi connectivity index (χ4n) is 1.65. The maximum Gasteiger partial charge on any atom is 0.309 e. The zero-order valence-electron chi connectivity index (χ0n) is 10.8. The Balaban J connectivity index is 1.90. The van der Waals surface area contributed by atoms with Crippen molar-refractivity contribution >= 4 is 39.7 Å². The van der Waals surface area contributed by atoms with E-state index in [0.717, 1.165) is 0 Å². The third-order valence-corrected chi connectivity index (χ3v) is 4.35. The number of hydrogen-bond acceptors (Lipinski definition) is 5. The molecule has 0 aromatic carbocycles. The maximum absolute atomic E-state index is 12.0. The molecule has 7 heteroatoms. The van der Waals surface area contributed by atoms with Gasteiger partial charge in [-0.05, 0) is 17.9 Å². The van der Waals surface area contributed by atoms with E-state index in [4.69, 9.17) is 5.11 Å². The second-order valence-corrected chi connectivity index (χ2v) is 6.28. The molecule has 0 unspecified atom stereocenters. The highest BCUT2D eigenvalue weighted by Gasteiger charge is 2.16. The standard InChI is InChI=1S/C13H14N2O3S2/c1-8(5-10-3-2-4-19-10)12(18)15-13-14-9(7-20-13)6-11(16)17/h2-4,7-8H,5-6H2,1H3,(H,16,17)(H,14,15,18)/t8-/m0/s1. The Morgan fingerprint density at radius 3 is 2.90 bits per heavy atom. The molecule has 2 aromatic rings. The zero-order chi connectivity index (χ0) is 14.5. The van der Waals surface area contributed by atoms with E-state index in [2.05, 4.69) is 10.3 Å². The van der Waals surface area contributed by atoms with E-state index in [1.54, 1.807) is 16.7 Å². The summed E-state index contributed by atoms with van der Waals surface area (Å²) in [6.45, 7) is 1.86. The van der Waals surface area contributed by atoms with Crippen molar-refractivity contribution in [3.05, 3.63) is 33.5 Å². The van der Waals surface area contributed by atoms with E-state index in [9.17, 15) is 9.59 Å². The summed E-state index contributed by atoms with van der Waals surface area (Å²) in [6, 6.07) is 3.96. The predicted molar refractivity (Wildman–Crippen MR) is 79.3 cm³/mol. The van der Waals surface area contributed by atoms with E-state index in [0.29, 0.717) is 17.2 Å². The van der Waals surface area contributed by atoms with Gasteiger partial charge in [-0.25, -0.2) is 4.98 Å². The first kappa shape index (κ1) is 14.7. The quantitative estimate of drug-likeness (QED) is 0.859. The smallest absolute Gasteiger partial charge is 0.309 e. The van der Waals surface area contributed by atoms with Gasteiger partial charge >= 0.3 is 5.97 Å². The van der Waals surface area contributed by atoms with Crippen LogP contribution in [-0.2, 0) is 22.4 Å². The number of aliphatic carboxylic acids is 1. The molecule has 0 saturated heterocycles. The van der Waals surface area contributed by atoms with Crippen LogP contribution in [0.4, 0.5) is 5.13 Å². The molecule has 2 heterocycles. The van der Waals surface area contributed by atoms with Gasteiger partial charge in [-0.1, -0.05) is 13.0 Å². The topological polar surface area (TPSA) is 79.3 Å². The fraction of sp³-hybridized carbons (Fsp3) is 0.308. The van der Waals surface area contributed by atoms with Gasteiger partial charge in [0.2, 0.25) is 5.91 Å². The van der Waals surface area contributed by atoms with E-state index in [-0.39, 0.29) is 18.2 Å². The number of rotatable bonds is 6. The number of carboxylic acids is 1. The van der Waals surface area contributed by atoms with Crippen molar-refractivity contribution in [2.75, 3.05) is 5.32 Å². The van der Waals surface area contributed by atoms with Crippen LogP contribution in [0.15, 0.2) is 22.9 Å². The Morgan fingerprint density at radius 2 is 2.25 bits per heavy atom. The number of aromatic nitrogens is 1. The molecule has 2 aromatic heterocycles. The molecule has 0 radical (unpaired) electrons. The summed E-state index contributed by atoms with van der Waals surface area (Å²) in [4.78, 5) is 27.8. The molecule has 2 rings (SSSR count). The van der Waals surface area contributed by atoms with Crippen LogP contribution in [0, 0.1) is 5.92 Å². The van der Waals surface area contributed by atoms with Crippen molar-refractivity contribution in [3.8, 4) is 0 Å². The summed E-state index contributed by atoms with van der Waals surface area (Å²) in [7, 11) is 0. The minimum absolute atomic E-state index is 0.102. The highest BCUT2D eigenvalue weighted by Crippen LogP contribution is 2.19. The van der Waals surface area contributed by atoms with Gasteiger partial charge in [-0.2, -0.15) is 0 Å². The maximum atomic E-state index is 12.0. The predicted octanol–water partition coefficient (Wildman–Crippen LogP) is 2.65.